The highest BCUT2D eigenvalue weighted by molar-refractivity contribution is 7.98. The Hall–Kier alpha value is -1.05. The van der Waals surface area contributed by atoms with Crippen molar-refractivity contribution in [3.63, 3.8) is 0 Å². The van der Waals surface area contributed by atoms with E-state index in [1.807, 2.05) is 6.26 Å². The smallest absolute Gasteiger partial charge is 0.368 e. The first-order valence-corrected chi connectivity index (χ1v) is 7.24. The molecule has 1 fully saturated rings. The molecule has 4 nitrogen and oxygen atoms in total. The van der Waals surface area contributed by atoms with Gasteiger partial charge in [0.05, 0.1) is 5.92 Å². The molecule has 8 heteroatoms. The van der Waals surface area contributed by atoms with Crippen molar-refractivity contribution in [1.29, 1.82) is 0 Å². The van der Waals surface area contributed by atoms with Gasteiger partial charge < -0.3 is 5.73 Å². The molecule has 2 rings (SSSR count). The molecule has 1 aromatic rings. The lowest BCUT2D eigenvalue weighted by molar-refractivity contribution is -0.182. The summed E-state index contributed by atoms with van der Waals surface area (Å²) in [5, 5.41) is 0.514. The molecule has 1 aromatic heterocycles. The van der Waals surface area contributed by atoms with Crippen LogP contribution >= 0.6 is 11.8 Å². The van der Waals surface area contributed by atoms with Crippen LogP contribution < -0.4 is 5.73 Å². The number of rotatable bonds is 2. The van der Waals surface area contributed by atoms with E-state index in [1.165, 1.54) is 11.8 Å². The highest BCUT2D eigenvalue weighted by Crippen LogP contribution is 2.42. The lowest BCUT2D eigenvalue weighted by atomic mass is 9.81. The maximum absolute atomic E-state index is 12.6. The number of aromatic nitrogens is 3. The van der Waals surface area contributed by atoms with Gasteiger partial charge in [0.15, 0.2) is 5.16 Å². The Morgan fingerprint density at radius 2 is 1.74 bits per heavy atom. The van der Waals surface area contributed by atoms with Gasteiger partial charge in [-0.1, -0.05) is 11.8 Å². The Bertz CT molecular complexity index is 444. The van der Waals surface area contributed by atoms with Gasteiger partial charge >= 0.3 is 6.18 Å². The van der Waals surface area contributed by atoms with Crippen molar-refractivity contribution in [1.82, 2.24) is 15.0 Å². The minimum atomic E-state index is -4.09. The van der Waals surface area contributed by atoms with Gasteiger partial charge in [-0.2, -0.15) is 23.1 Å². The van der Waals surface area contributed by atoms with Gasteiger partial charge in [-0.15, -0.1) is 0 Å². The van der Waals surface area contributed by atoms with Crippen LogP contribution in [0.2, 0.25) is 0 Å². The fourth-order valence-electron chi connectivity index (χ4n) is 2.34. The average molecular weight is 292 g/mol. The third-order valence-electron chi connectivity index (χ3n) is 3.39. The van der Waals surface area contributed by atoms with Crippen LogP contribution in [0.3, 0.4) is 0 Å². The fraction of sp³-hybridized carbons (Fsp3) is 0.727. The number of nitrogens with two attached hydrogens (primary N) is 1. The zero-order valence-corrected chi connectivity index (χ0v) is 11.3. The predicted molar refractivity (Wildman–Crippen MR) is 66.8 cm³/mol. The van der Waals surface area contributed by atoms with Gasteiger partial charge in [0.2, 0.25) is 5.95 Å². The molecule has 0 unspecified atom stereocenters. The van der Waals surface area contributed by atoms with E-state index in [1.54, 1.807) is 0 Å². The molecule has 0 bridgehead atoms. The number of hydrogen-bond acceptors (Lipinski definition) is 5. The molecule has 106 valence electrons. The summed E-state index contributed by atoms with van der Waals surface area (Å²) in [4.78, 5) is 12.2. The van der Waals surface area contributed by atoms with Crippen molar-refractivity contribution in [3.8, 4) is 0 Å². The maximum Gasteiger partial charge on any atom is 0.391 e. The van der Waals surface area contributed by atoms with Crippen LogP contribution in [0, 0.1) is 5.92 Å². The third-order valence-corrected chi connectivity index (χ3v) is 3.94. The van der Waals surface area contributed by atoms with E-state index in [0.29, 0.717) is 23.8 Å². The van der Waals surface area contributed by atoms with E-state index in [9.17, 15) is 13.2 Å². The van der Waals surface area contributed by atoms with Crippen molar-refractivity contribution in [2.75, 3.05) is 12.0 Å². The molecular formula is C11H15F3N4S. The second-order valence-electron chi connectivity index (χ2n) is 4.63. The lowest BCUT2D eigenvalue weighted by Crippen LogP contribution is -2.27. The highest BCUT2D eigenvalue weighted by atomic mass is 32.2. The van der Waals surface area contributed by atoms with E-state index in [-0.39, 0.29) is 24.7 Å². The quantitative estimate of drug-likeness (QED) is 0.849. The fourth-order valence-corrected chi connectivity index (χ4v) is 2.71. The molecule has 0 spiro atoms. The molecule has 0 atom stereocenters. The van der Waals surface area contributed by atoms with Crippen LogP contribution in [-0.2, 0) is 0 Å². The van der Waals surface area contributed by atoms with Gasteiger partial charge in [0.25, 0.3) is 0 Å². The van der Waals surface area contributed by atoms with Crippen molar-refractivity contribution < 1.29 is 13.2 Å². The summed E-state index contributed by atoms with van der Waals surface area (Å²) < 4.78 is 37.8. The molecule has 0 aliphatic heterocycles. The molecule has 0 saturated heterocycles. The van der Waals surface area contributed by atoms with Crippen LogP contribution in [-0.4, -0.2) is 27.4 Å². The van der Waals surface area contributed by atoms with Gasteiger partial charge in [0.1, 0.15) is 5.82 Å². The number of halogens is 3. The van der Waals surface area contributed by atoms with Gasteiger partial charge in [-0.05, 0) is 31.9 Å². The summed E-state index contributed by atoms with van der Waals surface area (Å²) in [5.41, 5.74) is 5.58. The summed E-state index contributed by atoms with van der Waals surface area (Å²) in [5.74, 6) is -0.581. The summed E-state index contributed by atoms with van der Waals surface area (Å²) in [7, 11) is 0. The van der Waals surface area contributed by atoms with E-state index in [0.717, 1.165) is 0 Å². The zero-order valence-electron chi connectivity index (χ0n) is 10.4. The number of anilines is 1. The van der Waals surface area contributed by atoms with Crippen LogP contribution in [0.15, 0.2) is 5.16 Å². The Kier molecular flexibility index (Phi) is 4.17. The van der Waals surface area contributed by atoms with Crippen molar-refractivity contribution >= 4 is 17.7 Å². The Morgan fingerprint density at radius 3 is 2.26 bits per heavy atom. The molecule has 1 aliphatic rings. The number of nitrogens with zero attached hydrogens (tertiary/aromatic N) is 3. The Morgan fingerprint density at radius 1 is 1.11 bits per heavy atom. The van der Waals surface area contributed by atoms with Crippen molar-refractivity contribution in [3.05, 3.63) is 5.82 Å². The van der Waals surface area contributed by atoms with E-state index in [4.69, 9.17) is 5.73 Å². The van der Waals surface area contributed by atoms with Crippen LogP contribution in [0.4, 0.5) is 19.1 Å². The second-order valence-corrected chi connectivity index (χ2v) is 5.40. The Labute approximate surface area is 113 Å². The standard InChI is InChI=1S/C11H15F3N4S/c1-19-10-17-8(16-9(15)18-10)6-2-4-7(5-3-6)11(12,13)14/h6-7H,2-5H2,1H3,(H2,15,16,17,18). The van der Waals surface area contributed by atoms with Gasteiger partial charge in [-0.25, -0.2) is 4.98 Å². The van der Waals surface area contributed by atoms with E-state index in [2.05, 4.69) is 15.0 Å². The molecule has 1 aliphatic carbocycles. The zero-order chi connectivity index (χ0) is 14.0. The number of nitrogen functional groups attached to an aromatic ring is 1. The minimum Gasteiger partial charge on any atom is -0.368 e. The van der Waals surface area contributed by atoms with Gasteiger partial charge in [-0.3, -0.25) is 0 Å². The maximum atomic E-state index is 12.6. The van der Waals surface area contributed by atoms with Crippen molar-refractivity contribution in [2.24, 2.45) is 5.92 Å². The van der Waals surface area contributed by atoms with Crippen molar-refractivity contribution in [2.45, 2.75) is 42.9 Å². The number of thioether (sulfide) groups is 1. The summed E-state index contributed by atoms with van der Waals surface area (Å²) in [6.45, 7) is 0. The number of alkyl halides is 3. The lowest BCUT2D eigenvalue weighted by Gasteiger charge is -2.29. The molecule has 0 radical (unpaired) electrons. The molecular weight excluding hydrogens is 277 g/mol. The average Bonchev–Trinajstić information content (AvgIpc) is 2.37. The first-order valence-electron chi connectivity index (χ1n) is 6.02. The predicted octanol–water partition coefficient (Wildman–Crippen LogP) is 3.01. The number of hydrogen-bond donors (Lipinski definition) is 1. The molecule has 0 aromatic carbocycles. The molecule has 1 saturated carbocycles. The monoisotopic (exact) mass is 292 g/mol. The normalized spacial score (nSPS) is 24.4. The topological polar surface area (TPSA) is 64.7 Å². The van der Waals surface area contributed by atoms with Crippen LogP contribution in [0.5, 0.6) is 0 Å². The Balaban J connectivity index is 2.07. The summed E-state index contributed by atoms with van der Waals surface area (Å²) >= 11 is 1.34. The SMILES string of the molecule is CSc1nc(N)nc(C2CCC(C(F)(F)F)CC2)n1. The third kappa shape index (κ3) is 3.49. The minimum absolute atomic E-state index is 0.0465. The second kappa shape index (κ2) is 5.52. The first-order chi connectivity index (χ1) is 8.90. The first kappa shape index (κ1) is 14.4. The van der Waals surface area contributed by atoms with Crippen LogP contribution in [0.25, 0.3) is 0 Å². The van der Waals surface area contributed by atoms with Crippen LogP contribution in [0.1, 0.15) is 37.4 Å². The van der Waals surface area contributed by atoms with E-state index < -0.39 is 12.1 Å². The molecule has 2 N–H and O–H groups in total. The molecule has 19 heavy (non-hydrogen) atoms. The molecule has 0 amide bonds. The molecule has 1 heterocycles. The largest absolute Gasteiger partial charge is 0.391 e. The highest BCUT2D eigenvalue weighted by Gasteiger charge is 2.42. The summed E-state index contributed by atoms with van der Waals surface area (Å²) in [6, 6.07) is 0. The van der Waals surface area contributed by atoms with E-state index >= 15 is 0 Å². The van der Waals surface area contributed by atoms with Gasteiger partial charge in [0, 0.05) is 5.92 Å². The summed E-state index contributed by atoms with van der Waals surface area (Å²) in [6.07, 6.45) is -1.11.